The summed E-state index contributed by atoms with van der Waals surface area (Å²) >= 11 is 0. The average molecular weight is 298 g/mol. The van der Waals surface area contributed by atoms with Crippen LogP contribution in [-0.2, 0) is 16.0 Å². The Labute approximate surface area is 121 Å². The molecule has 1 aromatic carbocycles. The Morgan fingerprint density at radius 1 is 1.33 bits per heavy atom. The minimum atomic E-state index is -3.15. The van der Waals surface area contributed by atoms with Crippen LogP contribution < -0.4 is 4.74 Å². The van der Waals surface area contributed by atoms with E-state index in [-0.39, 0.29) is 5.56 Å². The largest absolute Gasteiger partial charge is 0.496 e. The van der Waals surface area contributed by atoms with Crippen LogP contribution in [0.5, 0.6) is 5.75 Å². The van der Waals surface area contributed by atoms with Crippen LogP contribution in [0, 0.1) is 5.41 Å². The molecule has 1 atom stereocenters. The SMILES string of the molecule is COc1cccc2c1CC(C(=O)OC(C)C)(C(F)F)C2=O. The molecule has 0 aliphatic heterocycles. The molecular weight excluding hydrogens is 282 g/mol. The Bertz CT molecular complexity index is 583. The molecule has 1 unspecified atom stereocenters. The lowest BCUT2D eigenvalue weighted by Gasteiger charge is -2.25. The molecule has 0 heterocycles. The van der Waals surface area contributed by atoms with Crippen LogP contribution in [0.4, 0.5) is 8.78 Å². The fraction of sp³-hybridized carbons (Fsp3) is 0.467. The molecule has 1 aromatic rings. The van der Waals surface area contributed by atoms with Gasteiger partial charge in [0, 0.05) is 17.5 Å². The summed E-state index contributed by atoms with van der Waals surface area (Å²) in [6, 6.07) is 4.53. The lowest BCUT2D eigenvalue weighted by atomic mass is 9.84. The highest BCUT2D eigenvalue weighted by Gasteiger charge is 2.60. The van der Waals surface area contributed by atoms with Gasteiger partial charge < -0.3 is 9.47 Å². The summed E-state index contributed by atoms with van der Waals surface area (Å²) in [4.78, 5) is 24.5. The predicted molar refractivity (Wildman–Crippen MR) is 70.7 cm³/mol. The maximum absolute atomic E-state index is 13.6. The maximum Gasteiger partial charge on any atom is 0.326 e. The van der Waals surface area contributed by atoms with Gasteiger partial charge in [-0.3, -0.25) is 9.59 Å². The van der Waals surface area contributed by atoms with Crippen molar-refractivity contribution in [3.63, 3.8) is 0 Å². The zero-order valence-corrected chi connectivity index (χ0v) is 12.0. The van der Waals surface area contributed by atoms with Crippen molar-refractivity contribution < 1.29 is 27.8 Å². The molecule has 114 valence electrons. The average Bonchev–Trinajstić information content (AvgIpc) is 2.72. The number of halogens is 2. The molecule has 1 aliphatic carbocycles. The van der Waals surface area contributed by atoms with Gasteiger partial charge >= 0.3 is 5.97 Å². The topological polar surface area (TPSA) is 52.6 Å². The van der Waals surface area contributed by atoms with Gasteiger partial charge in [-0.1, -0.05) is 12.1 Å². The van der Waals surface area contributed by atoms with E-state index in [2.05, 4.69) is 0 Å². The Hall–Kier alpha value is -1.98. The van der Waals surface area contributed by atoms with E-state index in [1.165, 1.54) is 19.2 Å². The minimum absolute atomic E-state index is 0.0929. The molecule has 0 saturated carbocycles. The number of alkyl halides is 2. The first-order valence-corrected chi connectivity index (χ1v) is 6.54. The molecule has 0 fully saturated rings. The highest BCUT2D eigenvalue weighted by atomic mass is 19.3. The van der Waals surface area contributed by atoms with Gasteiger partial charge in [0.15, 0.2) is 11.2 Å². The van der Waals surface area contributed by atoms with Crippen LogP contribution in [0.15, 0.2) is 18.2 Å². The third-order valence-corrected chi connectivity index (χ3v) is 3.54. The van der Waals surface area contributed by atoms with Crippen LogP contribution in [0.2, 0.25) is 0 Å². The number of carbonyl (C=O) groups excluding carboxylic acids is 2. The van der Waals surface area contributed by atoms with Gasteiger partial charge in [-0.15, -0.1) is 0 Å². The molecule has 0 radical (unpaired) electrons. The fourth-order valence-corrected chi connectivity index (χ4v) is 2.50. The van der Waals surface area contributed by atoms with Crippen molar-refractivity contribution in [2.75, 3.05) is 7.11 Å². The van der Waals surface area contributed by atoms with Crippen LogP contribution >= 0.6 is 0 Å². The van der Waals surface area contributed by atoms with Gasteiger partial charge in [0.25, 0.3) is 6.43 Å². The second-order valence-electron chi connectivity index (χ2n) is 5.22. The third-order valence-electron chi connectivity index (χ3n) is 3.54. The Balaban J connectivity index is 2.52. The highest BCUT2D eigenvalue weighted by Crippen LogP contribution is 2.45. The monoisotopic (exact) mass is 298 g/mol. The van der Waals surface area contributed by atoms with Crippen LogP contribution in [0.3, 0.4) is 0 Å². The number of hydrogen-bond acceptors (Lipinski definition) is 4. The predicted octanol–water partition coefficient (Wildman–Crippen LogP) is 2.64. The summed E-state index contributed by atoms with van der Waals surface area (Å²) in [7, 11) is 1.38. The first-order chi connectivity index (χ1) is 9.84. The highest BCUT2D eigenvalue weighted by molar-refractivity contribution is 6.16. The minimum Gasteiger partial charge on any atom is -0.496 e. The molecule has 2 rings (SSSR count). The lowest BCUT2D eigenvalue weighted by Crippen LogP contribution is -2.45. The molecule has 6 heteroatoms. The second kappa shape index (κ2) is 5.42. The van der Waals surface area contributed by atoms with Crippen LogP contribution in [-0.4, -0.2) is 31.4 Å². The zero-order valence-electron chi connectivity index (χ0n) is 12.0. The Morgan fingerprint density at radius 2 is 2.00 bits per heavy atom. The van der Waals surface area contributed by atoms with E-state index in [0.29, 0.717) is 11.3 Å². The number of ether oxygens (including phenoxy) is 2. The Morgan fingerprint density at radius 3 is 2.52 bits per heavy atom. The van der Waals surface area contributed by atoms with Gasteiger partial charge in [0.1, 0.15) is 5.75 Å². The smallest absolute Gasteiger partial charge is 0.326 e. The van der Waals surface area contributed by atoms with E-state index >= 15 is 0 Å². The summed E-state index contributed by atoms with van der Waals surface area (Å²) in [5, 5.41) is 0. The number of ketones is 1. The number of rotatable bonds is 4. The van der Waals surface area contributed by atoms with Gasteiger partial charge in [0.05, 0.1) is 13.2 Å². The molecule has 21 heavy (non-hydrogen) atoms. The van der Waals surface area contributed by atoms with Gasteiger partial charge in [-0.2, -0.15) is 0 Å². The number of benzene rings is 1. The normalized spacial score (nSPS) is 20.8. The van der Waals surface area contributed by atoms with E-state index in [9.17, 15) is 18.4 Å². The van der Waals surface area contributed by atoms with Crippen molar-refractivity contribution in [3.8, 4) is 5.75 Å². The lowest BCUT2D eigenvalue weighted by molar-refractivity contribution is -0.164. The van der Waals surface area contributed by atoms with Crippen molar-refractivity contribution >= 4 is 11.8 Å². The van der Waals surface area contributed by atoms with E-state index in [1.807, 2.05) is 0 Å². The van der Waals surface area contributed by atoms with Gasteiger partial charge in [-0.05, 0) is 19.9 Å². The maximum atomic E-state index is 13.6. The summed E-state index contributed by atoms with van der Waals surface area (Å²) in [5.41, 5.74) is -2.05. The molecule has 1 aliphatic rings. The number of Topliss-reactive ketones (excluding diaryl/α,β-unsaturated/α-hetero) is 1. The number of fused-ring (bicyclic) bond motifs is 1. The standard InChI is InChI=1S/C15H16F2O4/c1-8(2)21-14(19)15(13(16)17)7-10-9(12(15)18)5-4-6-11(10)20-3/h4-6,8,13H,7H2,1-3H3. The summed E-state index contributed by atoms with van der Waals surface area (Å²) in [6.45, 7) is 3.09. The third kappa shape index (κ3) is 2.28. The summed E-state index contributed by atoms with van der Waals surface area (Å²) in [5.74, 6) is -1.77. The first-order valence-electron chi connectivity index (χ1n) is 6.54. The molecule has 0 amide bonds. The van der Waals surface area contributed by atoms with Crippen LogP contribution in [0.1, 0.15) is 29.8 Å². The quantitative estimate of drug-likeness (QED) is 0.633. The van der Waals surface area contributed by atoms with E-state index in [4.69, 9.17) is 9.47 Å². The fourth-order valence-electron chi connectivity index (χ4n) is 2.50. The van der Waals surface area contributed by atoms with Gasteiger partial charge in [-0.25, -0.2) is 8.78 Å². The second-order valence-corrected chi connectivity index (χ2v) is 5.22. The van der Waals surface area contributed by atoms with Gasteiger partial charge in [0.2, 0.25) is 0 Å². The van der Waals surface area contributed by atoms with E-state index < -0.39 is 36.1 Å². The summed E-state index contributed by atoms with van der Waals surface area (Å²) < 4.78 is 37.2. The van der Waals surface area contributed by atoms with Crippen molar-refractivity contribution in [1.82, 2.24) is 0 Å². The van der Waals surface area contributed by atoms with Crippen molar-refractivity contribution in [1.29, 1.82) is 0 Å². The van der Waals surface area contributed by atoms with Crippen molar-refractivity contribution in [2.24, 2.45) is 5.41 Å². The van der Waals surface area contributed by atoms with Crippen molar-refractivity contribution in [3.05, 3.63) is 29.3 Å². The van der Waals surface area contributed by atoms with Crippen molar-refractivity contribution in [2.45, 2.75) is 32.8 Å². The number of methoxy groups -OCH3 is 1. The van der Waals surface area contributed by atoms with E-state index in [0.717, 1.165) is 0 Å². The number of esters is 1. The Kier molecular flexibility index (Phi) is 3.98. The zero-order chi connectivity index (χ0) is 15.8. The molecule has 0 N–H and O–H groups in total. The number of hydrogen-bond donors (Lipinski definition) is 0. The summed E-state index contributed by atoms with van der Waals surface area (Å²) in [6.07, 6.45) is -4.13. The molecule has 0 aromatic heterocycles. The molecule has 4 nitrogen and oxygen atoms in total. The molecular formula is C15H16F2O4. The number of carbonyl (C=O) groups is 2. The molecule has 0 spiro atoms. The first kappa shape index (κ1) is 15.4. The molecule has 0 bridgehead atoms. The van der Waals surface area contributed by atoms with E-state index in [1.54, 1.807) is 19.9 Å². The van der Waals surface area contributed by atoms with Crippen LogP contribution in [0.25, 0.3) is 0 Å². The molecule has 0 saturated heterocycles.